The molecule has 5 heterocycles. The Hall–Kier alpha value is -5.55. The first-order valence-electron chi connectivity index (χ1n) is 42.3. The largest absolute Gasteiger partial charge is 0.342 e. The fourth-order valence-electron chi connectivity index (χ4n) is 23.6. The van der Waals surface area contributed by atoms with E-state index >= 15 is 4.79 Å². The van der Waals surface area contributed by atoms with E-state index in [0.717, 1.165) is 141 Å². The van der Waals surface area contributed by atoms with E-state index in [9.17, 15) is 55.2 Å². The second kappa shape index (κ2) is 29.9. The fraction of sp³-hybridized carbons (Fsp3) is 0.843. The molecule has 13 rings (SSSR count). The first kappa shape index (κ1) is 84.8. The van der Waals surface area contributed by atoms with E-state index in [0.29, 0.717) is 65.0 Å². The van der Waals surface area contributed by atoms with Gasteiger partial charge in [-0.1, -0.05) is 153 Å². The lowest BCUT2D eigenvalue weighted by molar-refractivity contribution is -0.146. The second-order valence-corrected chi connectivity index (χ2v) is 43.9. The van der Waals surface area contributed by atoms with Gasteiger partial charge in [0.05, 0.1) is 12.1 Å². The maximum absolute atomic E-state index is 15.4. The third kappa shape index (κ3) is 14.4. The number of hydrogen-bond acceptors (Lipinski definition) is 15. The van der Waals surface area contributed by atoms with Gasteiger partial charge in [0, 0.05) is 68.0 Å². The minimum absolute atomic E-state index is 0.0219. The van der Waals surface area contributed by atoms with Crippen molar-refractivity contribution in [3.05, 3.63) is 25.3 Å². The molecular weight excluding hydrogens is 1450 g/mol. The van der Waals surface area contributed by atoms with Gasteiger partial charge in [-0.3, -0.25) is 48.1 Å². The average Bonchev–Trinajstić information content (AvgIpc) is 1.46. The molecule has 0 bridgehead atoms. The Morgan fingerprint density at radius 2 is 0.829 bits per heavy atom. The van der Waals surface area contributed by atoms with E-state index in [1.807, 2.05) is 41.5 Å². The average molecular weight is 1590 g/mol. The van der Waals surface area contributed by atoms with Crippen molar-refractivity contribution >= 4 is 73.6 Å². The number of fused-ring (bicyclic) bond motifs is 2. The number of likely N-dealkylation sites (tertiary alicyclic amines) is 3. The van der Waals surface area contributed by atoms with Gasteiger partial charge in [-0.15, -0.1) is 13.2 Å². The lowest BCUT2D eigenvalue weighted by Crippen LogP contribution is -2.65. The summed E-state index contributed by atoms with van der Waals surface area (Å²) in [6, 6.07) is -5.64. The topological polar surface area (TPSA) is 348 Å². The van der Waals surface area contributed by atoms with Gasteiger partial charge in [-0.05, 0) is 179 Å². The van der Waals surface area contributed by atoms with Gasteiger partial charge < -0.3 is 42.1 Å². The molecule has 8 saturated carbocycles. The summed E-state index contributed by atoms with van der Waals surface area (Å²) < 4.78 is 59.5. The minimum atomic E-state index is -4.11. The molecular formula is C83H135N13O13S2. The van der Waals surface area contributed by atoms with Crippen molar-refractivity contribution < 1.29 is 60.0 Å². The molecule has 1 unspecified atom stereocenters. The summed E-state index contributed by atoms with van der Waals surface area (Å²) in [4.78, 5) is 136. The molecule has 5 aliphatic heterocycles. The summed E-state index contributed by atoms with van der Waals surface area (Å²) in [6.07, 6.45) is 25.5. The van der Waals surface area contributed by atoms with Crippen LogP contribution in [0.4, 0.5) is 0 Å². The Kier molecular flexibility index (Phi) is 22.8. The highest BCUT2D eigenvalue weighted by atomic mass is 32.2. The monoisotopic (exact) mass is 1590 g/mol. The summed E-state index contributed by atoms with van der Waals surface area (Å²) >= 11 is 0. The van der Waals surface area contributed by atoms with Gasteiger partial charge in [-0.2, -0.15) is 25.4 Å². The Labute approximate surface area is 661 Å². The van der Waals surface area contributed by atoms with E-state index in [1.165, 1.54) is 8.61 Å². The molecule has 8 aliphatic carbocycles. The number of carbonyl (C=O) groups is 9. The van der Waals surface area contributed by atoms with Crippen molar-refractivity contribution in [2.75, 3.05) is 45.8 Å². The molecule has 13 aliphatic rings. The minimum Gasteiger partial charge on any atom is -0.342 e. The maximum atomic E-state index is 15.4. The van der Waals surface area contributed by atoms with Gasteiger partial charge in [0.2, 0.25) is 41.4 Å². The standard InChI is InChI=1S/C46H75N7O7S.C37H60N6O6S/c1-10-31-27-46(31,40(58)50-61(59,60)51-24-16-17-25-51)49-37(55)33-28-45(42(7,8)44(45)22-18-23-44)29-53(33)39(57)35(41(4,5)6)48-38(56)34(43(9)20-13-11-14-21-43)47-36(54)32-19-12-15-26-52(32)30(2)3;1-8-24-21-37(24,31(47)41-50(48,49)42-19-12-13-20-42)40-28(44)25-22-36(33(5,6)35(36)17-14-18-35)23-43(25)30(46)27(32(2,3)4)39-29(45)26(38)34(7)15-10-9-11-16-34/h10,30-35H,1,11-29H2,2-9H3,(H,47,54)(H,48,56)(H,49,55)(H,50,58);8,24-27H,1,9-23,38H2,2-7H3,(H,39,45)(H,40,44)(H,41,47)/t31-,32?,33+,34-,35-,45-,46-;24-,25+,26-,27-,36-,37-/m11/s1. The summed E-state index contributed by atoms with van der Waals surface area (Å²) in [5.41, 5.74) is 0.376. The van der Waals surface area contributed by atoms with Gasteiger partial charge in [0.15, 0.2) is 0 Å². The molecule has 0 aromatic carbocycles. The highest BCUT2D eigenvalue weighted by Gasteiger charge is 2.87. The van der Waals surface area contributed by atoms with Crippen molar-refractivity contribution in [3.8, 4) is 0 Å². The van der Waals surface area contributed by atoms with Crippen molar-refractivity contribution in [2.45, 2.75) is 330 Å². The van der Waals surface area contributed by atoms with Crippen LogP contribution in [0.1, 0.15) is 270 Å². The maximum Gasteiger partial charge on any atom is 0.303 e. The molecule has 622 valence electrons. The zero-order valence-electron chi connectivity index (χ0n) is 69.3. The summed E-state index contributed by atoms with van der Waals surface area (Å²) in [6.45, 7) is 39.2. The zero-order chi connectivity index (χ0) is 81.3. The van der Waals surface area contributed by atoms with Crippen molar-refractivity contribution in [1.82, 2.24) is 59.3 Å². The van der Waals surface area contributed by atoms with Gasteiger partial charge in [0.25, 0.3) is 11.8 Å². The third-order valence-corrected chi connectivity index (χ3v) is 34.7. The number of nitrogens with zero attached hydrogens (tertiary/aromatic N) is 5. The Balaban J connectivity index is 0.000000210. The van der Waals surface area contributed by atoms with E-state index in [-0.39, 0.29) is 86.5 Å². The highest BCUT2D eigenvalue weighted by Crippen LogP contribution is 2.89. The number of carbonyl (C=O) groups excluding carboxylic acids is 9. The predicted molar refractivity (Wildman–Crippen MR) is 424 cm³/mol. The van der Waals surface area contributed by atoms with Crippen molar-refractivity contribution in [1.29, 1.82) is 0 Å². The molecule has 9 N–H and O–H groups in total. The number of hydrogen-bond donors (Lipinski definition) is 8. The summed E-state index contributed by atoms with van der Waals surface area (Å²) in [5, 5.41) is 15.4. The molecule has 26 nitrogen and oxygen atoms in total. The van der Waals surface area contributed by atoms with E-state index < -0.39 is 125 Å². The van der Waals surface area contributed by atoms with Crippen molar-refractivity contribution in [3.63, 3.8) is 0 Å². The number of rotatable bonds is 23. The zero-order valence-corrected chi connectivity index (χ0v) is 71.0. The Morgan fingerprint density at radius 1 is 0.450 bits per heavy atom. The first-order chi connectivity index (χ1) is 51.7. The van der Waals surface area contributed by atoms with Crippen LogP contribution >= 0.6 is 0 Å². The quantitative estimate of drug-likeness (QED) is 0.0455. The van der Waals surface area contributed by atoms with E-state index in [4.69, 9.17) is 5.73 Å². The van der Waals surface area contributed by atoms with Gasteiger partial charge in [-0.25, -0.2) is 9.44 Å². The van der Waals surface area contributed by atoms with Crippen LogP contribution in [-0.4, -0.2) is 199 Å². The van der Waals surface area contributed by atoms with Crippen LogP contribution in [-0.2, 0) is 63.6 Å². The normalized spacial score (nSPS) is 33.1. The lowest BCUT2D eigenvalue weighted by atomic mass is 9.70. The van der Waals surface area contributed by atoms with E-state index in [2.05, 4.69) is 109 Å². The molecule has 0 aromatic heterocycles. The van der Waals surface area contributed by atoms with E-state index in [1.54, 1.807) is 22.0 Å². The number of nitrogens with one attached hydrogen (secondary N) is 7. The number of nitrogens with two attached hydrogens (primary N) is 1. The van der Waals surface area contributed by atoms with Gasteiger partial charge >= 0.3 is 20.4 Å². The van der Waals surface area contributed by atoms with Gasteiger partial charge in [0.1, 0.15) is 41.3 Å². The molecule has 5 saturated heterocycles. The smallest absolute Gasteiger partial charge is 0.303 e. The molecule has 0 aromatic rings. The first-order valence-corrected chi connectivity index (χ1v) is 45.2. The summed E-state index contributed by atoms with van der Waals surface area (Å²) in [7, 11) is -8.19. The molecule has 4 spiro atoms. The van der Waals surface area contributed by atoms with Crippen molar-refractivity contribution in [2.24, 2.45) is 71.7 Å². The predicted octanol–water partition coefficient (Wildman–Crippen LogP) is 7.68. The third-order valence-electron chi connectivity index (χ3n) is 31.7. The number of amides is 9. The molecule has 13 fully saturated rings. The molecule has 9 amide bonds. The highest BCUT2D eigenvalue weighted by molar-refractivity contribution is 7.88. The second-order valence-electron chi connectivity index (χ2n) is 40.6. The van der Waals surface area contributed by atoms with Crippen LogP contribution in [0.25, 0.3) is 0 Å². The van der Waals surface area contributed by atoms with Crippen LogP contribution in [0.15, 0.2) is 25.3 Å². The Bertz CT molecular complexity index is 3910. The van der Waals surface area contributed by atoms with Crippen LogP contribution < -0.4 is 41.8 Å². The summed E-state index contributed by atoms with van der Waals surface area (Å²) in [5.74, 6) is -5.17. The Morgan fingerprint density at radius 3 is 1.17 bits per heavy atom. The van der Waals surface area contributed by atoms with Crippen LogP contribution in [0.5, 0.6) is 0 Å². The van der Waals surface area contributed by atoms with Crippen LogP contribution in [0.2, 0.25) is 0 Å². The SMILES string of the molecule is C=C[C@@H]1C[C@]1(NC(=O)[C@@H]1C[C@@]2(CN1C(=O)[C@@H](NC(=O)[C@@H](N)C1(C)CCCCC1)C(C)(C)C)C(C)(C)C21CCC1)C(=O)NS(=O)(=O)N1CCCC1.C=C[C@@H]1C[C@]1(NC(=O)[C@@H]1C[C@@]2(CN1C(=O)[C@@H](NC(=O)[C@@H](NC(=O)C1CCCCN1C(C)C)C1(C)CCCCC1)C(C)(C)C)C(C)(C)C21CCC1)C(=O)NS(=O)(=O)N1CCCC1. The fourth-order valence-corrected chi connectivity index (χ4v) is 26.1. The molecule has 111 heavy (non-hydrogen) atoms. The van der Waals surface area contributed by atoms with Crippen LogP contribution in [0, 0.1) is 66.0 Å². The molecule has 0 radical (unpaired) electrons. The van der Waals surface area contributed by atoms with Crippen LogP contribution in [0.3, 0.4) is 0 Å². The molecule has 28 heteroatoms. The lowest BCUT2D eigenvalue weighted by Gasteiger charge is -2.44. The molecule has 13 atom stereocenters. The number of piperidine rings is 1.